The molecule has 1 amide bonds. The largest absolute Gasteiger partial charge is 0.433 e. The number of aromatic nitrogens is 4. The Morgan fingerprint density at radius 3 is 2.65 bits per heavy atom. The van der Waals surface area contributed by atoms with Crippen molar-refractivity contribution in [3.8, 4) is 11.3 Å². The maximum atomic E-state index is 12.8. The minimum atomic E-state index is -4.63. The van der Waals surface area contributed by atoms with Crippen LogP contribution in [0.4, 0.5) is 18.9 Å². The maximum Gasteiger partial charge on any atom is 0.433 e. The number of aromatic amines is 1. The normalized spacial score (nSPS) is 11.5. The molecule has 0 aliphatic rings. The molecule has 7 nitrogen and oxygen atoms in total. The molecule has 4 aromatic rings. The third-order valence-corrected chi connectivity index (χ3v) is 4.56. The molecule has 3 aromatic heterocycles. The number of halogens is 3. The molecule has 3 heterocycles. The third-order valence-electron chi connectivity index (χ3n) is 4.56. The highest BCUT2D eigenvalue weighted by Crippen LogP contribution is 2.29. The molecule has 2 N–H and O–H groups in total. The zero-order chi connectivity index (χ0) is 22.2. The van der Waals surface area contributed by atoms with Crippen LogP contribution in [-0.2, 0) is 6.18 Å². The van der Waals surface area contributed by atoms with E-state index in [9.17, 15) is 22.8 Å². The molecule has 31 heavy (non-hydrogen) atoms. The zero-order valence-corrected chi connectivity index (χ0v) is 16.0. The van der Waals surface area contributed by atoms with Crippen LogP contribution < -0.4 is 10.9 Å². The second kappa shape index (κ2) is 7.63. The van der Waals surface area contributed by atoms with E-state index in [1.54, 1.807) is 31.2 Å². The van der Waals surface area contributed by atoms with E-state index in [4.69, 9.17) is 0 Å². The summed E-state index contributed by atoms with van der Waals surface area (Å²) in [6, 6.07) is 8.92. The summed E-state index contributed by atoms with van der Waals surface area (Å²) in [5.41, 5.74) is 0.0888. The molecule has 4 rings (SSSR count). The number of nitrogens with one attached hydrogen (secondary N) is 2. The van der Waals surface area contributed by atoms with Crippen molar-refractivity contribution in [1.82, 2.24) is 19.9 Å². The van der Waals surface area contributed by atoms with Crippen molar-refractivity contribution in [3.05, 3.63) is 82.4 Å². The number of fused-ring (bicyclic) bond motifs is 1. The molecule has 0 spiro atoms. The van der Waals surface area contributed by atoms with Crippen molar-refractivity contribution in [2.75, 3.05) is 5.32 Å². The summed E-state index contributed by atoms with van der Waals surface area (Å²) in [5.74, 6) is -0.712. The van der Waals surface area contributed by atoms with Crippen LogP contribution in [0, 0.1) is 6.92 Å². The van der Waals surface area contributed by atoms with E-state index in [0.717, 1.165) is 12.3 Å². The maximum absolute atomic E-state index is 12.8. The molecule has 0 atom stereocenters. The number of rotatable bonds is 3. The molecule has 1 aromatic carbocycles. The van der Waals surface area contributed by atoms with Gasteiger partial charge in [-0.3, -0.25) is 19.6 Å². The van der Waals surface area contributed by atoms with Crippen molar-refractivity contribution >= 4 is 22.4 Å². The zero-order valence-electron chi connectivity index (χ0n) is 16.0. The number of anilines is 1. The Bertz CT molecular complexity index is 1370. The molecule has 10 heteroatoms. The van der Waals surface area contributed by atoms with Crippen molar-refractivity contribution in [2.24, 2.45) is 0 Å². The number of hydrogen-bond acceptors (Lipinski definition) is 5. The SMILES string of the molecule is Cc1nc(C(=O)Nc2ccnc(C(F)(F)F)c2)cnc1-c1cccc2c(=O)[nH]ccc12. The van der Waals surface area contributed by atoms with Gasteiger partial charge in [-0.2, -0.15) is 13.2 Å². The highest BCUT2D eigenvalue weighted by atomic mass is 19.4. The number of hydrogen-bond donors (Lipinski definition) is 2. The van der Waals surface area contributed by atoms with Crippen LogP contribution in [0.1, 0.15) is 21.9 Å². The highest BCUT2D eigenvalue weighted by Gasteiger charge is 2.32. The van der Waals surface area contributed by atoms with E-state index >= 15 is 0 Å². The Labute approximate surface area is 173 Å². The first-order valence-corrected chi connectivity index (χ1v) is 9.03. The van der Waals surface area contributed by atoms with E-state index in [1.807, 2.05) is 0 Å². The van der Waals surface area contributed by atoms with Gasteiger partial charge >= 0.3 is 6.18 Å². The molecule has 0 saturated heterocycles. The first-order chi connectivity index (χ1) is 14.7. The fourth-order valence-electron chi connectivity index (χ4n) is 3.14. The van der Waals surface area contributed by atoms with Crippen molar-refractivity contribution in [3.63, 3.8) is 0 Å². The molecule has 0 aliphatic carbocycles. The summed E-state index contributed by atoms with van der Waals surface area (Å²) >= 11 is 0. The van der Waals surface area contributed by atoms with Gasteiger partial charge in [0.1, 0.15) is 11.4 Å². The summed E-state index contributed by atoms with van der Waals surface area (Å²) in [6.07, 6.45) is -0.905. The van der Waals surface area contributed by atoms with E-state index in [-0.39, 0.29) is 16.9 Å². The fraction of sp³-hybridized carbons (Fsp3) is 0.0952. The van der Waals surface area contributed by atoms with Gasteiger partial charge in [-0.25, -0.2) is 4.98 Å². The van der Waals surface area contributed by atoms with Gasteiger partial charge in [0, 0.05) is 29.0 Å². The number of alkyl halides is 3. The predicted molar refractivity (Wildman–Crippen MR) is 108 cm³/mol. The van der Waals surface area contributed by atoms with Crippen LogP contribution in [-0.4, -0.2) is 25.8 Å². The van der Waals surface area contributed by atoms with Crippen LogP contribution in [0.2, 0.25) is 0 Å². The first-order valence-electron chi connectivity index (χ1n) is 9.03. The van der Waals surface area contributed by atoms with Gasteiger partial charge < -0.3 is 10.3 Å². The van der Waals surface area contributed by atoms with Crippen LogP contribution in [0.25, 0.3) is 22.0 Å². The monoisotopic (exact) mass is 425 g/mol. The average Bonchev–Trinajstić information content (AvgIpc) is 2.73. The van der Waals surface area contributed by atoms with Gasteiger partial charge in [0.05, 0.1) is 17.6 Å². The molecule has 0 unspecified atom stereocenters. The molecular formula is C21H14F3N5O2. The van der Waals surface area contributed by atoms with Gasteiger partial charge in [-0.1, -0.05) is 12.1 Å². The Hall–Kier alpha value is -4.08. The second-order valence-corrected chi connectivity index (χ2v) is 6.64. The number of H-pyrrole nitrogens is 1. The summed E-state index contributed by atoms with van der Waals surface area (Å²) in [7, 11) is 0. The lowest BCUT2D eigenvalue weighted by Gasteiger charge is -2.11. The predicted octanol–water partition coefficient (Wildman–Crippen LogP) is 3.96. The topological polar surface area (TPSA) is 101 Å². The van der Waals surface area contributed by atoms with E-state index in [1.165, 1.54) is 18.5 Å². The molecule has 0 saturated carbocycles. The van der Waals surface area contributed by atoms with Crippen molar-refractivity contribution < 1.29 is 18.0 Å². The second-order valence-electron chi connectivity index (χ2n) is 6.64. The Kier molecular flexibility index (Phi) is 4.97. The van der Waals surface area contributed by atoms with E-state index in [2.05, 4.69) is 25.3 Å². The Balaban J connectivity index is 1.65. The highest BCUT2D eigenvalue weighted by molar-refractivity contribution is 6.03. The van der Waals surface area contributed by atoms with Crippen molar-refractivity contribution in [2.45, 2.75) is 13.1 Å². The van der Waals surface area contributed by atoms with Crippen molar-refractivity contribution in [1.29, 1.82) is 0 Å². The smallest absolute Gasteiger partial charge is 0.329 e. The van der Waals surface area contributed by atoms with Gasteiger partial charge in [0.25, 0.3) is 11.5 Å². The molecule has 0 fully saturated rings. The summed E-state index contributed by atoms with van der Waals surface area (Å²) in [6.45, 7) is 1.65. The number of pyridine rings is 2. The molecule has 156 valence electrons. The van der Waals surface area contributed by atoms with Gasteiger partial charge in [-0.15, -0.1) is 0 Å². The number of carbonyl (C=O) groups excluding carboxylic acids is 1. The minimum Gasteiger partial charge on any atom is -0.329 e. The van der Waals surface area contributed by atoms with E-state index < -0.39 is 17.8 Å². The van der Waals surface area contributed by atoms with Crippen LogP contribution in [0.5, 0.6) is 0 Å². The molecular weight excluding hydrogens is 411 g/mol. The Morgan fingerprint density at radius 2 is 1.90 bits per heavy atom. The quantitative estimate of drug-likeness (QED) is 0.518. The van der Waals surface area contributed by atoms with Gasteiger partial charge in [0.15, 0.2) is 0 Å². The lowest BCUT2D eigenvalue weighted by Crippen LogP contribution is -2.16. The summed E-state index contributed by atoms with van der Waals surface area (Å²) < 4.78 is 38.4. The first kappa shape index (κ1) is 20.2. The number of aryl methyl sites for hydroxylation is 1. The standard InChI is InChI=1S/C21H14F3N5O2/c1-11-18(14-3-2-4-15-13(14)6-8-26-19(15)30)27-10-16(28-11)20(31)29-12-5-7-25-17(9-12)21(22,23)24/h2-10H,1H3,(H,26,30)(H,25,29,31). The average molecular weight is 425 g/mol. The van der Waals surface area contributed by atoms with Crippen LogP contribution in [0.3, 0.4) is 0 Å². The lowest BCUT2D eigenvalue weighted by atomic mass is 10.0. The summed E-state index contributed by atoms with van der Waals surface area (Å²) in [5, 5.41) is 3.53. The Morgan fingerprint density at radius 1 is 1.10 bits per heavy atom. The van der Waals surface area contributed by atoms with Crippen LogP contribution >= 0.6 is 0 Å². The van der Waals surface area contributed by atoms with E-state index in [0.29, 0.717) is 27.7 Å². The molecule has 0 radical (unpaired) electrons. The molecule has 0 bridgehead atoms. The number of amides is 1. The summed E-state index contributed by atoms with van der Waals surface area (Å²) in [4.78, 5) is 38.9. The fourth-order valence-corrected chi connectivity index (χ4v) is 3.14. The molecule has 0 aliphatic heterocycles. The van der Waals surface area contributed by atoms with Gasteiger partial charge in [-0.05, 0) is 36.6 Å². The van der Waals surface area contributed by atoms with Gasteiger partial charge in [0.2, 0.25) is 0 Å². The number of nitrogens with zero attached hydrogens (tertiary/aromatic N) is 3. The van der Waals surface area contributed by atoms with Crippen LogP contribution in [0.15, 0.2) is 59.8 Å². The third kappa shape index (κ3) is 4.00. The minimum absolute atomic E-state index is 0.0651. The number of benzene rings is 1. The lowest BCUT2D eigenvalue weighted by molar-refractivity contribution is -0.141. The number of carbonyl (C=O) groups is 1.